The van der Waals surface area contributed by atoms with Gasteiger partial charge in [-0.1, -0.05) is 12.1 Å². The van der Waals surface area contributed by atoms with Crippen molar-refractivity contribution in [1.82, 2.24) is 15.0 Å². The molecular formula is C22H25N5O2. The molecule has 0 radical (unpaired) electrons. The Morgan fingerprint density at radius 2 is 1.72 bits per heavy atom. The minimum atomic E-state index is -0.150. The van der Waals surface area contributed by atoms with Gasteiger partial charge in [0.15, 0.2) is 5.82 Å². The van der Waals surface area contributed by atoms with Gasteiger partial charge < -0.3 is 19.6 Å². The third kappa shape index (κ3) is 4.46. The summed E-state index contributed by atoms with van der Waals surface area (Å²) in [5, 5.41) is 6.73. The second-order valence-electron chi connectivity index (χ2n) is 7.15. The predicted molar refractivity (Wildman–Crippen MR) is 113 cm³/mol. The van der Waals surface area contributed by atoms with Crippen molar-refractivity contribution >= 4 is 17.3 Å². The number of hydrogen-bond acceptors (Lipinski definition) is 6. The third-order valence-electron chi connectivity index (χ3n) is 5.23. The molecule has 150 valence electrons. The Labute approximate surface area is 170 Å². The van der Waals surface area contributed by atoms with E-state index in [0.29, 0.717) is 17.3 Å². The number of rotatable bonds is 5. The molecular weight excluding hydrogens is 366 g/mol. The van der Waals surface area contributed by atoms with Gasteiger partial charge in [-0.3, -0.25) is 4.79 Å². The van der Waals surface area contributed by atoms with Crippen LogP contribution in [0.5, 0.6) is 0 Å². The van der Waals surface area contributed by atoms with Crippen LogP contribution in [0.1, 0.15) is 23.1 Å². The Kier molecular flexibility index (Phi) is 5.57. The van der Waals surface area contributed by atoms with E-state index in [0.717, 1.165) is 44.0 Å². The van der Waals surface area contributed by atoms with Crippen LogP contribution < -0.4 is 10.2 Å². The molecule has 0 aliphatic carbocycles. The number of nitrogens with zero attached hydrogens (tertiary/aromatic N) is 4. The van der Waals surface area contributed by atoms with Gasteiger partial charge in [0.05, 0.1) is 0 Å². The number of aryl methyl sites for hydroxylation is 1. The molecule has 29 heavy (non-hydrogen) atoms. The second-order valence-corrected chi connectivity index (χ2v) is 7.15. The highest BCUT2D eigenvalue weighted by Gasteiger charge is 2.16. The van der Waals surface area contributed by atoms with Crippen molar-refractivity contribution in [3.63, 3.8) is 0 Å². The molecule has 1 N–H and O–H groups in total. The van der Waals surface area contributed by atoms with E-state index in [1.54, 1.807) is 31.2 Å². The largest absolute Gasteiger partial charge is 0.369 e. The van der Waals surface area contributed by atoms with Gasteiger partial charge in [-0.25, -0.2) is 0 Å². The molecule has 0 atom stereocenters. The van der Waals surface area contributed by atoms with Crippen LogP contribution in [0.25, 0.3) is 11.5 Å². The van der Waals surface area contributed by atoms with Gasteiger partial charge >= 0.3 is 0 Å². The summed E-state index contributed by atoms with van der Waals surface area (Å²) in [6.07, 6.45) is 0. The molecule has 2 heterocycles. The Hall–Kier alpha value is -3.19. The van der Waals surface area contributed by atoms with Crippen molar-refractivity contribution in [2.24, 2.45) is 0 Å². The van der Waals surface area contributed by atoms with Crippen LogP contribution in [-0.2, 0) is 0 Å². The molecule has 0 unspecified atom stereocenters. The van der Waals surface area contributed by atoms with Crippen molar-refractivity contribution in [3.05, 3.63) is 59.9 Å². The van der Waals surface area contributed by atoms with Crippen LogP contribution in [-0.4, -0.2) is 53.7 Å². The summed E-state index contributed by atoms with van der Waals surface area (Å²) in [5.74, 6) is 0.880. The van der Waals surface area contributed by atoms with E-state index in [1.807, 2.05) is 12.1 Å². The lowest BCUT2D eigenvalue weighted by atomic mass is 10.1. The summed E-state index contributed by atoms with van der Waals surface area (Å²) in [6, 6.07) is 15.2. The van der Waals surface area contributed by atoms with Crippen molar-refractivity contribution in [1.29, 1.82) is 0 Å². The summed E-state index contributed by atoms with van der Waals surface area (Å²) in [6.45, 7) is 9.32. The third-order valence-corrected chi connectivity index (χ3v) is 5.23. The summed E-state index contributed by atoms with van der Waals surface area (Å²) < 4.78 is 5.15. The topological polar surface area (TPSA) is 74.5 Å². The molecule has 4 rings (SSSR count). The lowest BCUT2D eigenvalue weighted by Gasteiger charge is -2.35. The van der Waals surface area contributed by atoms with E-state index in [1.165, 1.54) is 5.69 Å². The summed E-state index contributed by atoms with van der Waals surface area (Å²) in [7, 11) is 0. The molecule has 1 saturated heterocycles. The van der Waals surface area contributed by atoms with Crippen LogP contribution in [0.2, 0.25) is 0 Å². The first kappa shape index (κ1) is 19.1. The number of nitrogens with one attached hydrogen (secondary N) is 1. The number of anilines is 2. The predicted octanol–water partition coefficient (Wildman–Crippen LogP) is 3.44. The van der Waals surface area contributed by atoms with Crippen LogP contribution in [0.4, 0.5) is 11.4 Å². The lowest BCUT2D eigenvalue weighted by molar-refractivity contribution is 0.102. The zero-order chi connectivity index (χ0) is 20.2. The second kappa shape index (κ2) is 8.45. The van der Waals surface area contributed by atoms with Crippen LogP contribution in [0, 0.1) is 6.92 Å². The van der Waals surface area contributed by atoms with E-state index in [9.17, 15) is 4.79 Å². The number of hydrogen-bond donors (Lipinski definition) is 1. The highest BCUT2D eigenvalue weighted by atomic mass is 16.5. The van der Waals surface area contributed by atoms with Crippen molar-refractivity contribution in [2.45, 2.75) is 13.8 Å². The molecule has 7 nitrogen and oxygen atoms in total. The first-order valence-electron chi connectivity index (χ1n) is 9.92. The average molecular weight is 391 g/mol. The van der Waals surface area contributed by atoms with Gasteiger partial charge in [0.1, 0.15) is 0 Å². The SMILES string of the molecule is CCN1CCN(c2ccc(NC(=O)c3ccc(-c4nc(C)no4)cc3)cc2)CC1. The van der Waals surface area contributed by atoms with Gasteiger partial charge in [-0.2, -0.15) is 4.98 Å². The number of piperazine rings is 1. The Morgan fingerprint density at radius 3 is 2.31 bits per heavy atom. The van der Waals surface area contributed by atoms with Gasteiger partial charge in [0.25, 0.3) is 11.8 Å². The molecule has 7 heteroatoms. The van der Waals surface area contributed by atoms with Crippen molar-refractivity contribution in [3.8, 4) is 11.5 Å². The molecule has 2 aromatic carbocycles. The molecule has 0 bridgehead atoms. The maximum absolute atomic E-state index is 12.5. The van der Waals surface area contributed by atoms with Crippen LogP contribution in [0.15, 0.2) is 53.1 Å². The number of aromatic nitrogens is 2. The van der Waals surface area contributed by atoms with Crippen LogP contribution >= 0.6 is 0 Å². The summed E-state index contributed by atoms with van der Waals surface area (Å²) in [4.78, 5) is 21.6. The van der Waals surface area contributed by atoms with E-state index in [2.05, 4.69) is 44.3 Å². The molecule has 1 aliphatic heterocycles. The van der Waals surface area contributed by atoms with Gasteiger partial charge in [0, 0.05) is 48.7 Å². The Balaban J connectivity index is 1.37. The monoisotopic (exact) mass is 391 g/mol. The molecule has 1 amide bonds. The number of amides is 1. The molecule has 1 aliphatic rings. The van der Waals surface area contributed by atoms with E-state index in [-0.39, 0.29) is 5.91 Å². The highest BCUT2D eigenvalue weighted by molar-refractivity contribution is 6.04. The lowest BCUT2D eigenvalue weighted by Crippen LogP contribution is -2.46. The van der Waals surface area contributed by atoms with E-state index >= 15 is 0 Å². The smallest absolute Gasteiger partial charge is 0.257 e. The maximum Gasteiger partial charge on any atom is 0.257 e. The number of benzene rings is 2. The Bertz CT molecular complexity index is 958. The fourth-order valence-electron chi connectivity index (χ4n) is 3.46. The molecule has 0 spiro atoms. The van der Waals surface area contributed by atoms with E-state index in [4.69, 9.17) is 4.52 Å². The molecule has 0 saturated carbocycles. The first-order valence-corrected chi connectivity index (χ1v) is 9.92. The van der Waals surface area contributed by atoms with Crippen molar-refractivity contribution < 1.29 is 9.32 Å². The number of likely N-dealkylation sites (N-methyl/N-ethyl adjacent to an activating group) is 1. The summed E-state index contributed by atoms with van der Waals surface area (Å²) in [5.41, 5.74) is 3.33. The quantitative estimate of drug-likeness (QED) is 0.718. The molecule has 3 aromatic rings. The van der Waals surface area contributed by atoms with E-state index < -0.39 is 0 Å². The zero-order valence-electron chi connectivity index (χ0n) is 16.8. The van der Waals surface area contributed by atoms with Gasteiger partial charge in [-0.05, 0) is 62.0 Å². The number of carbonyl (C=O) groups excluding carboxylic acids is 1. The fourth-order valence-corrected chi connectivity index (χ4v) is 3.46. The highest BCUT2D eigenvalue weighted by Crippen LogP contribution is 2.21. The minimum Gasteiger partial charge on any atom is -0.369 e. The Morgan fingerprint density at radius 1 is 1.03 bits per heavy atom. The van der Waals surface area contributed by atoms with Crippen molar-refractivity contribution in [2.75, 3.05) is 42.9 Å². The normalized spacial score (nSPS) is 14.8. The minimum absolute atomic E-state index is 0.150. The summed E-state index contributed by atoms with van der Waals surface area (Å²) >= 11 is 0. The zero-order valence-corrected chi connectivity index (χ0v) is 16.8. The molecule has 1 aromatic heterocycles. The van der Waals surface area contributed by atoms with Crippen LogP contribution in [0.3, 0.4) is 0 Å². The average Bonchev–Trinajstić information content (AvgIpc) is 3.21. The maximum atomic E-state index is 12.5. The fraction of sp³-hybridized carbons (Fsp3) is 0.318. The number of carbonyl (C=O) groups is 1. The van der Waals surface area contributed by atoms with Gasteiger partial charge in [-0.15, -0.1) is 0 Å². The van der Waals surface area contributed by atoms with Gasteiger partial charge in [0.2, 0.25) is 0 Å². The molecule has 1 fully saturated rings. The first-order chi connectivity index (χ1) is 14.1. The standard InChI is InChI=1S/C22H25N5O2/c1-3-26-12-14-27(15-13-26)20-10-8-19(9-11-20)24-21(28)17-4-6-18(7-5-17)22-23-16(2)25-29-22/h4-11H,3,12-15H2,1-2H3,(H,24,28).